The molecule has 0 saturated heterocycles. The van der Waals surface area contributed by atoms with Gasteiger partial charge in [-0.05, 0) is 17.7 Å². The van der Waals surface area contributed by atoms with E-state index in [1.165, 1.54) is 0 Å². The maximum absolute atomic E-state index is 11.0. The molecule has 0 atom stereocenters. The van der Waals surface area contributed by atoms with Gasteiger partial charge in [-0.15, -0.1) is 0 Å². The van der Waals surface area contributed by atoms with Crippen LogP contribution in [0.2, 0.25) is 5.15 Å². The molecule has 0 fully saturated rings. The zero-order valence-corrected chi connectivity index (χ0v) is 8.73. The summed E-state index contributed by atoms with van der Waals surface area (Å²) in [6.45, 7) is 1.11. The van der Waals surface area contributed by atoms with Gasteiger partial charge >= 0.3 is 0 Å². The van der Waals surface area contributed by atoms with Crippen molar-refractivity contribution >= 4 is 28.4 Å². The maximum atomic E-state index is 11.0. The van der Waals surface area contributed by atoms with E-state index in [1.807, 2.05) is 0 Å². The Morgan fingerprint density at radius 3 is 3.07 bits per heavy atom. The van der Waals surface area contributed by atoms with Gasteiger partial charge in [-0.1, -0.05) is 11.6 Å². The van der Waals surface area contributed by atoms with Crippen LogP contribution in [0.5, 0.6) is 0 Å². The molecule has 0 radical (unpaired) electrons. The first-order valence-corrected chi connectivity index (χ1v) is 4.90. The molecule has 2 heterocycles. The highest BCUT2D eigenvalue weighted by atomic mass is 35.5. The Kier molecular flexibility index (Phi) is 2.72. The molecule has 5 heteroatoms. The van der Waals surface area contributed by atoms with Crippen molar-refractivity contribution in [3.8, 4) is 0 Å². The van der Waals surface area contributed by atoms with Gasteiger partial charge in [-0.2, -0.15) is 0 Å². The minimum absolute atomic E-state index is 0.172. The Morgan fingerprint density at radius 1 is 1.57 bits per heavy atom. The molecule has 0 unspecified atom stereocenters. The van der Waals surface area contributed by atoms with Gasteiger partial charge in [0.15, 0.2) is 0 Å². The molecule has 0 spiro atoms. The number of pyridine rings is 1. The molecule has 1 aliphatic heterocycles. The van der Waals surface area contributed by atoms with Crippen molar-refractivity contribution in [2.24, 2.45) is 0 Å². The molecule has 0 amide bonds. The second-order valence-electron chi connectivity index (χ2n) is 3.01. The van der Waals surface area contributed by atoms with Crippen molar-refractivity contribution in [1.29, 1.82) is 0 Å². The predicted molar refractivity (Wildman–Crippen MR) is 52.8 cm³/mol. The fourth-order valence-electron chi connectivity index (χ4n) is 1.40. The minimum Gasteiger partial charge on any atom is -0.376 e. The topological polar surface area (TPSA) is 39.2 Å². The molecular weight excluding hydrogens is 225 g/mol. The number of hydrogen-bond acceptors (Lipinski definition) is 3. The highest BCUT2D eigenvalue weighted by Crippen LogP contribution is 2.22. The molecule has 3 nitrogen and oxygen atoms in total. The quantitative estimate of drug-likeness (QED) is 0.550. The highest BCUT2D eigenvalue weighted by Gasteiger charge is 2.17. The molecule has 74 valence electrons. The fraction of sp³-hybridized carbons (Fsp3) is 0.333. The summed E-state index contributed by atoms with van der Waals surface area (Å²) >= 11 is 11.1. The van der Waals surface area contributed by atoms with Crippen LogP contribution in [0.4, 0.5) is 0 Å². The monoisotopic (exact) mass is 231 g/mol. The lowest BCUT2D eigenvalue weighted by Crippen LogP contribution is -2.13. The molecule has 1 aromatic rings. The molecule has 1 aliphatic rings. The largest absolute Gasteiger partial charge is 0.376 e. The first-order chi connectivity index (χ1) is 6.68. The van der Waals surface area contributed by atoms with Crippen molar-refractivity contribution in [2.75, 3.05) is 6.61 Å². The number of halogens is 2. The summed E-state index contributed by atoms with van der Waals surface area (Å²) in [5, 5.41) is -0.415. The molecule has 2 rings (SSSR count). The lowest BCUT2D eigenvalue weighted by molar-refractivity contribution is 0.106. The summed E-state index contributed by atoms with van der Waals surface area (Å²) in [5.74, 6) is 0. The summed E-state index contributed by atoms with van der Waals surface area (Å²) < 4.78 is 5.23. The van der Waals surface area contributed by atoms with Gasteiger partial charge in [0.25, 0.3) is 5.24 Å². The first-order valence-electron chi connectivity index (χ1n) is 4.14. The van der Waals surface area contributed by atoms with Crippen molar-refractivity contribution in [3.63, 3.8) is 0 Å². The van der Waals surface area contributed by atoms with Crippen molar-refractivity contribution in [3.05, 3.63) is 28.0 Å². The zero-order valence-electron chi connectivity index (χ0n) is 7.22. The maximum Gasteiger partial charge on any atom is 0.255 e. The van der Waals surface area contributed by atoms with E-state index < -0.39 is 5.24 Å². The van der Waals surface area contributed by atoms with Gasteiger partial charge in [-0.3, -0.25) is 4.79 Å². The Morgan fingerprint density at radius 2 is 2.36 bits per heavy atom. The Labute approximate surface area is 91.0 Å². The first kappa shape index (κ1) is 9.90. The van der Waals surface area contributed by atoms with Crippen molar-refractivity contribution in [1.82, 2.24) is 4.98 Å². The van der Waals surface area contributed by atoms with Gasteiger partial charge in [0.2, 0.25) is 0 Å². The Hall–Kier alpha value is -0.640. The van der Waals surface area contributed by atoms with Crippen LogP contribution in [-0.4, -0.2) is 16.8 Å². The second-order valence-corrected chi connectivity index (χ2v) is 3.71. The SMILES string of the molecule is O=C(Cl)c1cc2c(nc1Cl)CCOC2. The van der Waals surface area contributed by atoms with Gasteiger partial charge < -0.3 is 4.74 Å². The average molecular weight is 232 g/mol. The lowest BCUT2D eigenvalue weighted by atomic mass is 10.1. The number of carbonyl (C=O) groups is 1. The van der Waals surface area contributed by atoms with E-state index in [0.717, 1.165) is 17.7 Å². The van der Waals surface area contributed by atoms with Crippen LogP contribution >= 0.6 is 23.2 Å². The van der Waals surface area contributed by atoms with Crippen LogP contribution < -0.4 is 0 Å². The number of carbonyl (C=O) groups excluding carboxylic acids is 1. The standard InChI is InChI=1S/C9H7Cl2NO2/c10-8-6(9(11)13)3-5-4-14-2-1-7(5)12-8/h3H,1-2,4H2. The molecule has 0 saturated carbocycles. The summed E-state index contributed by atoms with van der Waals surface area (Å²) in [5.41, 5.74) is 2.03. The predicted octanol–water partition coefficient (Wildman–Crippen LogP) is 2.19. The van der Waals surface area contributed by atoms with Crippen molar-refractivity contribution < 1.29 is 9.53 Å². The van der Waals surface area contributed by atoms with E-state index in [-0.39, 0.29) is 10.7 Å². The van der Waals surface area contributed by atoms with E-state index in [2.05, 4.69) is 4.98 Å². The van der Waals surface area contributed by atoms with Gasteiger partial charge in [0, 0.05) is 17.7 Å². The van der Waals surface area contributed by atoms with E-state index in [0.29, 0.717) is 13.2 Å². The number of rotatable bonds is 1. The molecule has 1 aromatic heterocycles. The van der Waals surface area contributed by atoms with Crippen LogP contribution in [-0.2, 0) is 17.8 Å². The summed E-state index contributed by atoms with van der Waals surface area (Å²) in [6.07, 6.45) is 0.728. The third-order valence-electron chi connectivity index (χ3n) is 2.10. The van der Waals surface area contributed by atoms with E-state index >= 15 is 0 Å². The third kappa shape index (κ3) is 1.75. The summed E-state index contributed by atoms with van der Waals surface area (Å²) in [6, 6.07) is 1.65. The number of hydrogen-bond donors (Lipinski definition) is 0. The van der Waals surface area contributed by atoms with Crippen LogP contribution in [0.25, 0.3) is 0 Å². The molecule has 0 aromatic carbocycles. The molecule has 0 N–H and O–H groups in total. The van der Waals surface area contributed by atoms with Gasteiger partial charge in [0.1, 0.15) is 5.15 Å². The summed E-state index contributed by atoms with van der Waals surface area (Å²) in [4.78, 5) is 15.1. The zero-order chi connectivity index (χ0) is 10.1. The number of aromatic nitrogens is 1. The average Bonchev–Trinajstić information content (AvgIpc) is 2.16. The van der Waals surface area contributed by atoms with Crippen LogP contribution in [0, 0.1) is 0 Å². The van der Waals surface area contributed by atoms with E-state index in [9.17, 15) is 4.79 Å². The second kappa shape index (κ2) is 3.85. The smallest absolute Gasteiger partial charge is 0.255 e. The van der Waals surface area contributed by atoms with Gasteiger partial charge in [-0.25, -0.2) is 4.98 Å². The van der Waals surface area contributed by atoms with Crippen LogP contribution in [0.15, 0.2) is 6.07 Å². The minimum atomic E-state index is -0.587. The molecule has 0 aliphatic carbocycles. The molecular formula is C9H7Cl2NO2. The van der Waals surface area contributed by atoms with Crippen LogP contribution in [0.3, 0.4) is 0 Å². The lowest BCUT2D eigenvalue weighted by Gasteiger charge is -2.16. The summed E-state index contributed by atoms with van der Waals surface area (Å²) in [7, 11) is 0. The molecule has 0 bridgehead atoms. The van der Waals surface area contributed by atoms with Crippen molar-refractivity contribution in [2.45, 2.75) is 13.0 Å². The van der Waals surface area contributed by atoms with E-state index in [4.69, 9.17) is 27.9 Å². The molecule has 14 heavy (non-hydrogen) atoms. The Balaban J connectivity index is 2.50. The Bertz CT molecular complexity index is 393. The van der Waals surface area contributed by atoms with Crippen LogP contribution in [0.1, 0.15) is 21.6 Å². The van der Waals surface area contributed by atoms with E-state index in [1.54, 1.807) is 6.07 Å². The third-order valence-corrected chi connectivity index (χ3v) is 2.59. The van der Waals surface area contributed by atoms with Gasteiger partial charge in [0.05, 0.1) is 18.8 Å². The number of ether oxygens (including phenoxy) is 1. The normalized spacial score (nSPS) is 15.0. The fourth-order valence-corrected chi connectivity index (χ4v) is 1.83. The number of fused-ring (bicyclic) bond motifs is 1. The highest BCUT2D eigenvalue weighted by molar-refractivity contribution is 6.68. The number of nitrogens with zero attached hydrogens (tertiary/aromatic N) is 1.